The molecular formula is C23H11NO2. The zero-order chi connectivity index (χ0) is 17.3. The van der Waals surface area contributed by atoms with Crippen molar-refractivity contribution < 1.29 is 8.83 Å². The minimum atomic E-state index is 0.326. The molecule has 26 heavy (non-hydrogen) atoms. The Labute approximate surface area is 147 Å². The minimum absolute atomic E-state index is 0.326. The van der Waals surface area contributed by atoms with E-state index in [1.807, 2.05) is 12.1 Å². The molecule has 2 aromatic heterocycles. The van der Waals surface area contributed by atoms with Gasteiger partial charge in [0, 0.05) is 10.8 Å². The summed E-state index contributed by atoms with van der Waals surface area (Å²) in [6, 6.07) is 20.8. The lowest BCUT2D eigenvalue weighted by Crippen LogP contribution is -1.81. The zero-order valence-electron chi connectivity index (χ0n) is 13.6. The Bertz CT molecular complexity index is 1540. The van der Waals surface area contributed by atoms with Crippen LogP contribution in [0, 0.1) is 6.57 Å². The van der Waals surface area contributed by atoms with E-state index >= 15 is 0 Å². The molecule has 3 nitrogen and oxygen atoms in total. The van der Waals surface area contributed by atoms with Crippen molar-refractivity contribution in [3.63, 3.8) is 0 Å². The van der Waals surface area contributed by atoms with Crippen molar-refractivity contribution in [2.75, 3.05) is 0 Å². The van der Waals surface area contributed by atoms with Gasteiger partial charge in [-0.3, -0.25) is 0 Å². The van der Waals surface area contributed by atoms with Crippen LogP contribution in [0.15, 0.2) is 75.8 Å². The number of hydrogen-bond donors (Lipinski definition) is 0. The van der Waals surface area contributed by atoms with E-state index in [0.29, 0.717) is 5.88 Å². The molecule has 6 aromatic rings. The standard InChI is InChI=1S/C23H11NO2/c1-24-23-12-16-9-20-14(11-22(16)26-23)3-5-17-18(20)4-2-13-10-21-15(6-7-25-21)8-19(13)17/h2-12H. The van der Waals surface area contributed by atoms with E-state index in [1.54, 1.807) is 12.3 Å². The SMILES string of the molecule is [C-]#[N+]c1cc2cc3c(ccc4c5cc6ccoc6cc5ccc34)cc2o1. The summed E-state index contributed by atoms with van der Waals surface area (Å²) in [7, 11) is 0. The van der Waals surface area contributed by atoms with Crippen LogP contribution in [0.2, 0.25) is 0 Å². The van der Waals surface area contributed by atoms with E-state index in [1.165, 1.54) is 26.9 Å². The molecule has 0 aliphatic rings. The van der Waals surface area contributed by atoms with Gasteiger partial charge in [-0.25, -0.2) is 0 Å². The van der Waals surface area contributed by atoms with E-state index in [4.69, 9.17) is 15.4 Å². The summed E-state index contributed by atoms with van der Waals surface area (Å²) in [6.07, 6.45) is 1.73. The second-order valence-electron chi connectivity index (χ2n) is 6.57. The molecule has 0 aliphatic heterocycles. The van der Waals surface area contributed by atoms with E-state index in [2.05, 4.69) is 47.3 Å². The normalized spacial score (nSPS) is 11.8. The fraction of sp³-hybridized carbons (Fsp3) is 0. The highest BCUT2D eigenvalue weighted by Crippen LogP contribution is 2.36. The van der Waals surface area contributed by atoms with Crippen LogP contribution in [0.4, 0.5) is 5.88 Å². The Kier molecular flexibility index (Phi) is 2.42. The van der Waals surface area contributed by atoms with E-state index in [9.17, 15) is 0 Å². The van der Waals surface area contributed by atoms with Crippen molar-refractivity contribution in [3.8, 4) is 0 Å². The molecule has 4 aromatic carbocycles. The monoisotopic (exact) mass is 333 g/mol. The maximum Gasteiger partial charge on any atom is 0.346 e. The maximum absolute atomic E-state index is 7.16. The summed E-state index contributed by atoms with van der Waals surface area (Å²) in [6.45, 7) is 7.16. The number of fused-ring (bicyclic) bond motifs is 7. The summed E-state index contributed by atoms with van der Waals surface area (Å²) in [5.41, 5.74) is 1.66. The predicted octanol–water partition coefficient (Wildman–Crippen LogP) is 7.19. The molecule has 0 atom stereocenters. The van der Waals surface area contributed by atoms with Gasteiger partial charge in [-0.15, -0.1) is 0 Å². The largest absolute Gasteiger partial charge is 0.480 e. The van der Waals surface area contributed by atoms with E-state index in [0.717, 1.165) is 27.3 Å². The van der Waals surface area contributed by atoms with Gasteiger partial charge in [-0.1, -0.05) is 24.3 Å². The molecule has 0 saturated heterocycles. The highest BCUT2D eigenvalue weighted by atomic mass is 16.3. The Morgan fingerprint density at radius 3 is 2.04 bits per heavy atom. The summed E-state index contributed by atoms with van der Waals surface area (Å²) in [5.74, 6) is 0.326. The Balaban J connectivity index is 1.78. The van der Waals surface area contributed by atoms with Gasteiger partial charge in [0.2, 0.25) is 0 Å². The van der Waals surface area contributed by atoms with Crippen LogP contribution in [0.1, 0.15) is 0 Å². The van der Waals surface area contributed by atoms with Crippen LogP contribution < -0.4 is 0 Å². The van der Waals surface area contributed by atoms with Crippen molar-refractivity contribution in [2.45, 2.75) is 0 Å². The van der Waals surface area contributed by atoms with Crippen LogP contribution >= 0.6 is 0 Å². The molecule has 0 spiro atoms. The van der Waals surface area contributed by atoms with Gasteiger partial charge in [0.15, 0.2) is 0 Å². The van der Waals surface area contributed by atoms with Crippen LogP contribution in [-0.4, -0.2) is 0 Å². The molecule has 0 bridgehead atoms. The summed E-state index contributed by atoms with van der Waals surface area (Å²) >= 11 is 0. The Hall–Kier alpha value is -3.77. The maximum atomic E-state index is 7.16. The van der Waals surface area contributed by atoms with Gasteiger partial charge >= 0.3 is 5.88 Å². The lowest BCUT2D eigenvalue weighted by atomic mass is 9.96. The topological polar surface area (TPSA) is 30.6 Å². The molecule has 0 N–H and O–H groups in total. The molecule has 2 heterocycles. The number of furan rings is 2. The first-order valence-electron chi connectivity index (χ1n) is 8.38. The molecule has 120 valence electrons. The third-order valence-corrected chi connectivity index (χ3v) is 5.14. The van der Waals surface area contributed by atoms with Crippen LogP contribution in [0.25, 0.3) is 59.1 Å². The second-order valence-corrected chi connectivity index (χ2v) is 6.57. The van der Waals surface area contributed by atoms with Gasteiger partial charge in [-0.05, 0) is 68.7 Å². The number of hydrogen-bond acceptors (Lipinski definition) is 2. The summed E-state index contributed by atoms with van der Waals surface area (Å²) in [4.78, 5) is 3.40. The van der Waals surface area contributed by atoms with Gasteiger partial charge in [0.05, 0.1) is 12.8 Å². The van der Waals surface area contributed by atoms with Crippen LogP contribution in [-0.2, 0) is 0 Å². The summed E-state index contributed by atoms with van der Waals surface area (Å²) < 4.78 is 11.1. The number of benzene rings is 4. The fourth-order valence-corrected chi connectivity index (χ4v) is 3.91. The second kappa shape index (κ2) is 4.65. The van der Waals surface area contributed by atoms with Crippen molar-refractivity contribution >= 4 is 60.1 Å². The quantitative estimate of drug-likeness (QED) is 0.217. The van der Waals surface area contributed by atoms with Gasteiger partial charge < -0.3 is 8.83 Å². The molecular weight excluding hydrogens is 322 g/mol. The predicted molar refractivity (Wildman–Crippen MR) is 105 cm³/mol. The highest BCUT2D eigenvalue weighted by molar-refractivity contribution is 6.20. The molecule has 0 aliphatic carbocycles. The first kappa shape index (κ1) is 13.5. The van der Waals surface area contributed by atoms with Crippen molar-refractivity contribution in [1.29, 1.82) is 0 Å². The van der Waals surface area contributed by atoms with Crippen molar-refractivity contribution in [3.05, 3.63) is 78.3 Å². The van der Waals surface area contributed by atoms with Crippen molar-refractivity contribution in [2.24, 2.45) is 0 Å². The minimum Gasteiger partial charge on any atom is -0.480 e. The van der Waals surface area contributed by atoms with Gasteiger partial charge in [-0.2, -0.15) is 4.85 Å². The third kappa shape index (κ3) is 1.71. The third-order valence-electron chi connectivity index (χ3n) is 5.14. The van der Waals surface area contributed by atoms with Crippen LogP contribution in [0.5, 0.6) is 0 Å². The van der Waals surface area contributed by atoms with Gasteiger partial charge in [0.25, 0.3) is 0 Å². The highest BCUT2D eigenvalue weighted by Gasteiger charge is 2.10. The van der Waals surface area contributed by atoms with Gasteiger partial charge in [0.1, 0.15) is 11.2 Å². The lowest BCUT2D eigenvalue weighted by Gasteiger charge is -2.08. The average Bonchev–Trinajstić information content (AvgIpc) is 3.29. The molecule has 0 fully saturated rings. The number of nitrogens with zero attached hydrogens (tertiary/aromatic N) is 1. The number of rotatable bonds is 0. The molecule has 0 saturated carbocycles. The fourth-order valence-electron chi connectivity index (χ4n) is 3.91. The lowest BCUT2D eigenvalue weighted by molar-refractivity contribution is 0.616. The smallest absolute Gasteiger partial charge is 0.346 e. The van der Waals surface area contributed by atoms with E-state index < -0.39 is 0 Å². The molecule has 0 unspecified atom stereocenters. The summed E-state index contributed by atoms with van der Waals surface area (Å²) in [5, 5.41) is 9.14. The molecule has 0 amide bonds. The zero-order valence-corrected chi connectivity index (χ0v) is 13.6. The Morgan fingerprint density at radius 2 is 1.31 bits per heavy atom. The van der Waals surface area contributed by atoms with Crippen LogP contribution in [0.3, 0.4) is 0 Å². The molecule has 3 heteroatoms. The first-order chi connectivity index (χ1) is 12.8. The first-order valence-corrected chi connectivity index (χ1v) is 8.38. The van der Waals surface area contributed by atoms with Crippen molar-refractivity contribution in [1.82, 2.24) is 0 Å². The average molecular weight is 333 g/mol. The Morgan fingerprint density at radius 1 is 0.615 bits per heavy atom. The molecule has 0 radical (unpaired) electrons. The molecule has 6 rings (SSSR count). The van der Waals surface area contributed by atoms with E-state index in [-0.39, 0.29) is 0 Å².